The summed E-state index contributed by atoms with van der Waals surface area (Å²) in [7, 11) is 1.67. The van der Waals surface area contributed by atoms with Crippen molar-refractivity contribution in [3.63, 3.8) is 0 Å². The first kappa shape index (κ1) is 16.3. The van der Waals surface area contributed by atoms with Crippen LogP contribution < -0.4 is 15.0 Å². The molecule has 1 atom stereocenters. The number of methoxy groups -OCH3 is 1. The van der Waals surface area contributed by atoms with Crippen LogP contribution in [0.4, 0.5) is 0 Å². The third-order valence-corrected chi connectivity index (χ3v) is 5.32. The number of quaternary nitrogens is 1. The summed E-state index contributed by atoms with van der Waals surface area (Å²) in [4.78, 5) is 14.4. The normalized spacial score (nSPS) is 21.1. The lowest BCUT2D eigenvalue weighted by Gasteiger charge is -2.28. The quantitative estimate of drug-likeness (QED) is 0.870. The number of rotatable bonds is 5. The van der Waals surface area contributed by atoms with Gasteiger partial charge in [-0.2, -0.15) is 0 Å². The average molecular weight is 317 g/mol. The number of ether oxygens (including phenoxy) is 1. The summed E-state index contributed by atoms with van der Waals surface area (Å²) in [6, 6.07) is 8.33. The van der Waals surface area contributed by atoms with Gasteiger partial charge >= 0.3 is 0 Å². The molecule has 0 aromatic heterocycles. The Kier molecular flexibility index (Phi) is 5.55. The van der Waals surface area contributed by atoms with E-state index in [9.17, 15) is 4.79 Å². The zero-order valence-corrected chi connectivity index (χ0v) is 14.1. The summed E-state index contributed by atoms with van der Waals surface area (Å²) in [6.07, 6.45) is 8.51. The Bertz CT molecular complexity index is 503. The zero-order valence-electron chi connectivity index (χ0n) is 14.1. The molecule has 1 aromatic carbocycles. The highest BCUT2D eigenvalue weighted by Crippen LogP contribution is 2.20. The van der Waals surface area contributed by atoms with Crippen LogP contribution in [0.15, 0.2) is 24.3 Å². The van der Waals surface area contributed by atoms with Crippen LogP contribution in [-0.4, -0.2) is 32.1 Å². The van der Waals surface area contributed by atoms with E-state index in [0.29, 0.717) is 6.04 Å². The van der Waals surface area contributed by atoms with Crippen molar-refractivity contribution in [3.8, 4) is 5.75 Å². The molecule has 1 aliphatic heterocycles. The first-order chi connectivity index (χ1) is 11.3. The molecule has 1 heterocycles. The topological polar surface area (TPSA) is 42.8 Å². The molecule has 1 unspecified atom stereocenters. The van der Waals surface area contributed by atoms with Crippen LogP contribution in [0.3, 0.4) is 0 Å². The molecule has 1 aromatic rings. The molecule has 1 amide bonds. The van der Waals surface area contributed by atoms with E-state index in [1.165, 1.54) is 37.0 Å². The molecular formula is C19H29N2O2+. The summed E-state index contributed by atoms with van der Waals surface area (Å²) < 4.78 is 5.25. The Morgan fingerprint density at radius 1 is 1.09 bits per heavy atom. The number of amides is 1. The molecule has 0 bridgehead atoms. The first-order valence-corrected chi connectivity index (χ1v) is 9.07. The van der Waals surface area contributed by atoms with Crippen molar-refractivity contribution in [2.75, 3.05) is 20.2 Å². The standard InChI is InChI=1S/C19H28N2O2/c1-23-17-11-9-15(10-12-17)18(21-13-5-6-14-21)19(22)20-16-7-3-2-4-8-16/h9-12,16,18H,2-8,13-14H2,1H3,(H,20,22)/p+1. The lowest BCUT2D eigenvalue weighted by Crippen LogP contribution is -3.11. The summed E-state index contributed by atoms with van der Waals surface area (Å²) >= 11 is 0. The average Bonchev–Trinajstić information content (AvgIpc) is 3.11. The van der Waals surface area contributed by atoms with Crippen molar-refractivity contribution in [2.45, 2.75) is 57.0 Å². The maximum Gasteiger partial charge on any atom is 0.283 e. The van der Waals surface area contributed by atoms with Gasteiger partial charge < -0.3 is 15.0 Å². The van der Waals surface area contributed by atoms with E-state index < -0.39 is 0 Å². The molecule has 2 aliphatic rings. The molecule has 0 spiro atoms. The molecule has 2 fully saturated rings. The van der Waals surface area contributed by atoms with Crippen LogP contribution in [0, 0.1) is 0 Å². The van der Waals surface area contributed by atoms with Crippen LogP contribution in [0.25, 0.3) is 0 Å². The minimum absolute atomic E-state index is 0.0784. The summed E-state index contributed by atoms with van der Waals surface area (Å²) in [5.74, 6) is 1.05. The van der Waals surface area contributed by atoms with Gasteiger partial charge in [-0.15, -0.1) is 0 Å². The molecule has 3 rings (SSSR count). The largest absolute Gasteiger partial charge is 0.497 e. The Morgan fingerprint density at radius 3 is 2.35 bits per heavy atom. The van der Waals surface area contributed by atoms with Crippen LogP contribution in [0.2, 0.25) is 0 Å². The van der Waals surface area contributed by atoms with Gasteiger partial charge in [0, 0.05) is 24.4 Å². The van der Waals surface area contributed by atoms with Gasteiger partial charge in [-0.25, -0.2) is 0 Å². The van der Waals surface area contributed by atoms with Crippen LogP contribution >= 0.6 is 0 Å². The third kappa shape index (κ3) is 4.05. The lowest BCUT2D eigenvalue weighted by atomic mass is 9.94. The summed E-state index contributed by atoms with van der Waals surface area (Å²) in [5, 5.41) is 3.33. The predicted molar refractivity (Wildman–Crippen MR) is 90.7 cm³/mol. The number of nitrogens with one attached hydrogen (secondary N) is 2. The maximum atomic E-state index is 13.0. The number of benzene rings is 1. The highest BCUT2D eigenvalue weighted by Gasteiger charge is 2.34. The SMILES string of the molecule is COc1ccc(C(C(=O)NC2CCCCC2)[NH+]2CCCC2)cc1. The summed E-state index contributed by atoms with van der Waals surface area (Å²) in [6.45, 7) is 2.18. The van der Waals surface area contributed by atoms with E-state index in [-0.39, 0.29) is 11.9 Å². The minimum Gasteiger partial charge on any atom is -0.497 e. The number of carbonyl (C=O) groups is 1. The Hall–Kier alpha value is -1.55. The number of likely N-dealkylation sites (tertiary alicyclic amines) is 1. The predicted octanol–water partition coefficient (Wildman–Crippen LogP) is 1.86. The number of hydrogen-bond acceptors (Lipinski definition) is 2. The zero-order chi connectivity index (χ0) is 16.1. The number of hydrogen-bond donors (Lipinski definition) is 2. The highest BCUT2D eigenvalue weighted by molar-refractivity contribution is 5.82. The van der Waals surface area contributed by atoms with Gasteiger partial charge in [0.25, 0.3) is 5.91 Å². The second-order valence-corrected chi connectivity index (χ2v) is 6.92. The van der Waals surface area contributed by atoms with Crippen molar-refractivity contribution < 1.29 is 14.4 Å². The molecule has 0 radical (unpaired) electrons. The fourth-order valence-electron chi connectivity index (χ4n) is 4.02. The molecule has 23 heavy (non-hydrogen) atoms. The van der Waals surface area contributed by atoms with Gasteiger partial charge in [-0.05, 0) is 37.1 Å². The molecule has 1 aliphatic carbocycles. The van der Waals surface area contributed by atoms with Gasteiger partial charge in [-0.1, -0.05) is 19.3 Å². The van der Waals surface area contributed by atoms with Gasteiger partial charge in [-0.3, -0.25) is 4.79 Å². The van der Waals surface area contributed by atoms with Crippen molar-refractivity contribution in [2.24, 2.45) is 0 Å². The fourth-order valence-corrected chi connectivity index (χ4v) is 4.02. The molecule has 2 N–H and O–H groups in total. The number of carbonyl (C=O) groups excluding carboxylic acids is 1. The molecule has 4 nitrogen and oxygen atoms in total. The van der Waals surface area contributed by atoms with E-state index in [2.05, 4.69) is 17.4 Å². The van der Waals surface area contributed by atoms with Gasteiger partial charge in [0.15, 0.2) is 6.04 Å². The smallest absolute Gasteiger partial charge is 0.283 e. The Morgan fingerprint density at radius 2 is 1.74 bits per heavy atom. The van der Waals surface area contributed by atoms with E-state index in [1.807, 2.05) is 12.1 Å². The second-order valence-electron chi connectivity index (χ2n) is 6.92. The Labute approximate surface area is 139 Å². The van der Waals surface area contributed by atoms with E-state index in [4.69, 9.17) is 4.74 Å². The van der Waals surface area contributed by atoms with Crippen molar-refractivity contribution in [1.82, 2.24) is 5.32 Å². The Balaban J connectivity index is 1.74. The third-order valence-electron chi connectivity index (χ3n) is 5.32. The van der Waals surface area contributed by atoms with Gasteiger partial charge in [0.1, 0.15) is 5.75 Å². The summed E-state index contributed by atoms with van der Waals surface area (Å²) in [5.41, 5.74) is 1.11. The first-order valence-electron chi connectivity index (χ1n) is 9.07. The molecule has 4 heteroatoms. The van der Waals surface area contributed by atoms with Crippen LogP contribution in [-0.2, 0) is 4.79 Å². The van der Waals surface area contributed by atoms with E-state index in [0.717, 1.165) is 37.2 Å². The second kappa shape index (κ2) is 7.82. The van der Waals surface area contributed by atoms with E-state index >= 15 is 0 Å². The molecule has 1 saturated heterocycles. The van der Waals surface area contributed by atoms with Crippen molar-refractivity contribution >= 4 is 5.91 Å². The van der Waals surface area contributed by atoms with Crippen LogP contribution in [0.5, 0.6) is 5.75 Å². The van der Waals surface area contributed by atoms with E-state index in [1.54, 1.807) is 7.11 Å². The van der Waals surface area contributed by atoms with Crippen molar-refractivity contribution in [1.29, 1.82) is 0 Å². The molecule has 1 saturated carbocycles. The monoisotopic (exact) mass is 317 g/mol. The molecule has 126 valence electrons. The van der Waals surface area contributed by atoms with Gasteiger partial charge in [0.2, 0.25) is 0 Å². The highest BCUT2D eigenvalue weighted by atomic mass is 16.5. The fraction of sp³-hybridized carbons (Fsp3) is 0.632. The molecular weight excluding hydrogens is 288 g/mol. The van der Waals surface area contributed by atoms with Crippen molar-refractivity contribution in [3.05, 3.63) is 29.8 Å². The van der Waals surface area contributed by atoms with Gasteiger partial charge in [0.05, 0.1) is 20.2 Å². The lowest BCUT2D eigenvalue weighted by molar-refractivity contribution is -0.909. The maximum absolute atomic E-state index is 13.0. The van der Waals surface area contributed by atoms with Crippen LogP contribution in [0.1, 0.15) is 56.6 Å². The minimum atomic E-state index is -0.0784.